The molecule has 0 amide bonds. The third kappa shape index (κ3) is 6.43. The van der Waals surface area contributed by atoms with Crippen molar-refractivity contribution in [3.8, 4) is 11.5 Å². The van der Waals surface area contributed by atoms with E-state index in [4.69, 9.17) is 15.2 Å². The van der Waals surface area contributed by atoms with Crippen LogP contribution in [0.2, 0.25) is 0 Å². The van der Waals surface area contributed by atoms with Gasteiger partial charge >= 0.3 is 0 Å². The molecule has 25 heavy (non-hydrogen) atoms. The standard InChI is InChI=1S/C22H31NO2/c1-4-11-24-22-10-6-8-19(14-22)20(15-23)12-18-7-5-9-21(13-18)25-16-17(2)3/h5-10,13-14,17,20H,4,11-12,15-16,23H2,1-3H3. The summed E-state index contributed by atoms with van der Waals surface area (Å²) in [6.07, 6.45) is 1.90. The van der Waals surface area contributed by atoms with E-state index in [9.17, 15) is 0 Å². The maximum atomic E-state index is 6.07. The monoisotopic (exact) mass is 341 g/mol. The molecule has 2 N–H and O–H groups in total. The summed E-state index contributed by atoms with van der Waals surface area (Å²) in [6, 6.07) is 16.6. The second-order valence-corrected chi connectivity index (χ2v) is 6.91. The Morgan fingerprint density at radius 2 is 1.68 bits per heavy atom. The first kappa shape index (κ1) is 19.3. The van der Waals surface area contributed by atoms with Crippen molar-refractivity contribution in [2.75, 3.05) is 19.8 Å². The maximum Gasteiger partial charge on any atom is 0.119 e. The van der Waals surface area contributed by atoms with Gasteiger partial charge in [0, 0.05) is 5.92 Å². The van der Waals surface area contributed by atoms with E-state index in [-0.39, 0.29) is 5.92 Å². The largest absolute Gasteiger partial charge is 0.494 e. The SMILES string of the molecule is CCCOc1cccc(C(CN)Cc2cccc(OCC(C)C)c2)c1. The minimum Gasteiger partial charge on any atom is -0.494 e. The molecule has 0 saturated carbocycles. The number of hydrogen-bond donors (Lipinski definition) is 1. The van der Waals surface area contributed by atoms with E-state index in [0.717, 1.165) is 37.6 Å². The number of nitrogens with two attached hydrogens (primary N) is 1. The van der Waals surface area contributed by atoms with Crippen LogP contribution in [0.15, 0.2) is 48.5 Å². The second kappa shape index (κ2) is 10.1. The highest BCUT2D eigenvalue weighted by atomic mass is 16.5. The molecular weight excluding hydrogens is 310 g/mol. The van der Waals surface area contributed by atoms with Crippen molar-refractivity contribution in [1.82, 2.24) is 0 Å². The molecule has 0 fully saturated rings. The van der Waals surface area contributed by atoms with Crippen LogP contribution in [-0.2, 0) is 6.42 Å². The Kier molecular flexibility index (Phi) is 7.80. The number of rotatable bonds is 10. The Morgan fingerprint density at radius 3 is 2.36 bits per heavy atom. The van der Waals surface area contributed by atoms with Crippen LogP contribution in [0.3, 0.4) is 0 Å². The van der Waals surface area contributed by atoms with Crippen LogP contribution < -0.4 is 15.2 Å². The molecule has 3 heteroatoms. The summed E-state index contributed by atoms with van der Waals surface area (Å²) >= 11 is 0. The van der Waals surface area contributed by atoms with E-state index >= 15 is 0 Å². The Bertz CT molecular complexity index is 639. The van der Waals surface area contributed by atoms with Gasteiger partial charge in [0.15, 0.2) is 0 Å². The van der Waals surface area contributed by atoms with Gasteiger partial charge in [-0.05, 0) is 60.7 Å². The van der Waals surface area contributed by atoms with E-state index in [0.29, 0.717) is 12.5 Å². The van der Waals surface area contributed by atoms with Gasteiger partial charge in [-0.15, -0.1) is 0 Å². The van der Waals surface area contributed by atoms with Crippen LogP contribution in [0.25, 0.3) is 0 Å². The lowest BCUT2D eigenvalue weighted by Gasteiger charge is -2.17. The van der Waals surface area contributed by atoms with E-state index in [1.165, 1.54) is 11.1 Å². The molecule has 0 aliphatic carbocycles. The van der Waals surface area contributed by atoms with Crippen LogP contribution in [0.4, 0.5) is 0 Å². The molecule has 0 bridgehead atoms. The van der Waals surface area contributed by atoms with Gasteiger partial charge in [-0.3, -0.25) is 0 Å². The van der Waals surface area contributed by atoms with Crippen LogP contribution >= 0.6 is 0 Å². The van der Waals surface area contributed by atoms with Gasteiger partial charge < -0.3 is 15.2 Å². The lowest BCUT2D eigenvalue weighted by molar-refractivity contribution is 0.271. The van der Waals surface area contributed by atoms with Crippen molar-refractivity contribution < 1.29 is 9.47 Å². The highest BCUT2D eigenvalue weighted by Gasteiger charge is 2.12. The average molecular weight is 341 g/mol. The molecular formula is C22H31NO2. The average Bonchev–Trinajstić information content (AvgIpc) is 2.63. The first-order valence-electron chi connectivity index (χ1n) is 9.27. The van der Waals surface area contributed by atoms with Gasteiger partial charge in [0.05, 0.1) is 13.2 Å². The normalized spacial score (nSPS) is 12.2. The van der Waals surface area contributed by atoms with Crippen LogP contribution in [0.5, 0.6) is 11.5 Å². The van der Waals surface area contributed by atoms with Gasteiger partial charge in [0.1, 0.15) is 11.5 Å². The summed E-state index contributed by atoms with van der Waals surface area (Å²) in [6.45, 7) is 8.51. The van der Waals surface area contributed by atoms with Crippen molar-refractivity contribution >= 4 is 0 Å². The zero-order chi connectivity index (χ0) is 18.1. The molecule has 0 spiro atoms. The van der Waals surface area contributed by atoms with E-state index in [1.54, 1.807) is 0 Å². The van der Waals surface area contributed by atoms with Crippen LogP contribution in [0.1, 0.15) is 44.2 Å². The second-order valence-electron chi connectivity index (χ2n) is 6.91. The Hall–Kier alpha value is -2.00. The van der Waals surface area contributed by atoms with Gasteiger partial charge in [0.2, 0.25) is 0 Å². The van der Waals surface area contributed by atoms with E-state index in [2.05, 4.69) is 51.1 Å². The fourth-order valence-electron chi connectivity index (χ4n) is 2.73. The Labute approximate surface area is 152 Å². The molecule has 2 aromatic carbocycles. The lowest BCUT2D eigenvalue weighted by atomic mass is 9.92. The van der Waals surface area contributed by atoms with Crippen molar-refractivity contribution in [1.29, 1.82) is 0 Å². The Balaban J connectivity index is 2.07. The molecule has 3 nitrogen and oxygen atoms in total. The fraction of sp³-hybridized carbons (Fsp3) is 0.455. The van der Waals surface area contributed by atoms with Gasteiger partial charge in [-0.1, -0.05) is 45.0 Å². The molecule has 0 aliphatic heterocycles. The molecule has 0 aliphatic rings. The zero-order valence-corrected chi connectivity index (χ0v) is 15.7. The highest BCUT2D eigenvalue weighted by molar-refractivity contribution is 5.34. The van der Waals surface area contributed by atoms with Crippen LogP contribution in [-0.4, -0.2) is 19.8 Å². The number of hydrogen-bond acceptors (Lipinski definition) is 3. The molecule has 2 aromatic rings. The van der Waals surface area contributed by atoms with Gasteiger partial charge in [-0.25, -0.2) is 0 Å². The van der Waals surface area contributed by atoms with E-state index < -0.39 is 0 Å². The zero-order valence-electron chi connectivity index (χ0n) is 15.7. The number of ether oxygens (including phenoxy) is 2. The minimum absolute atomic E-state index is 0.269. The van der Waals surface area contributed by atoms with E-state index in [1.807, 2.05) is 18.2 Å². The molecule has 0 heterocycles. The molecule has 0 radical (unpaired) electrons. The third-order valence-electron chi connectivity index (χ3n) is 4.05. The topological polar surface area (TPSA) is 44.5 Å². The molecule has 0 aromatic heterocycles. The van der Waals surface area contributed by atoms with Crippen molar-refractivity contribution in [2.24, 2.45) is 11.7 Å². The predicted octanol–water partition coefficient (Wildman–Crippen LogP) is 4.80. The molecule has 0 saturated heterocycles. The maximum absolute atomic E-state index is 6.07. The molecule has 1 unspecified atom stereocenters. The quantitative estimate of drug-likeness (QED) is 0.675. The number of benzene rings is 2. The summed E-state index contributed by atoms with van der Waals surface area (Å²) in [5, 5.41) is 0. The Morgan fingerprint density at radius 1 is 0.960 bits per heavy atom. The lowest BCUT2D eigenvalue weighted by Crippen LogP contribution is -2.15. The van der Waals surface area contributed by atoms with Gasteiger partial charge in [0.25, 0.3) is 0 Å². The first-order chi connectivity index (χ1) is 12.1. The van der Waals surface area contributed by atoms with Crippen LogP contribution in [0, 0.1) is 5.92 Å². The van der Waals surface area contributed by atoms with Gasteiger partial charge in [-0.2, -0.15) is 0 Å². The summed E-state index contributed by atoms with van der Waals surface area (Å²) in [7, 11) is 0. The summed E-state index contributed by atoms with van der Waals surface area (Å²) in [4.78, 5) is 0. The summed E-state index contributed by atoms with van der Waals surface area (Å²) < 4.78 is 11.6. The predicted molar refractivity (Wildman–Crippen MR) is 105 cm³/mol. The molecule has 2 rings (SSSR count). The first-order valence-corrected chi connectivity index (χ1v) is 9.27. The fourth-order valence-corrected chi connectivity index (χ4v) is 2.73. The van der Waals surface area contributed by atoms with Crippen molar-refractivity contribution in [3.63, 3.8) is 0 Å². The third-order valence-corrected chi connectivity index (χ3v) is 4.05. The summed E-state index contributed by atoms with van der Waals surface area (Å²) in [5.74, 6) is 2.64. The summed E-state index contributed by atoms with van der Waals surface area (Å²) in [5.41, 5.74) is 8.54. The minimum atomic E-state index is 0.269. The van der Waals surface area contributed by atoms with Crippen molar-refractivity contribution in [2.45, 2.75) is 39.5 Å². The van der Waals surface area contributed by atoms with Crippen molar-refractivity contribution in [3.05, 3.63) is 59.7 Å². The molecule has 136 valence electrons. The highest BCUT2D eigenvalue weighted by Crippen LogP contribution is 2.25. The smallest absolute Gasteiger partial charge is 0.119 e. The molecule has 1 atom stereocenters.